The molecule has 1 atom stereocenters. The van der Waals surface area contributed by atoms with E-state index in [1.165, 1.54) is 0 Å². The van der Waals surface area contributed by atoms with E-state index in [2.05, 4.69) is 19.6 Å². The maximum atomic E-state index is 12.1. The van der Waals surface area contributed by atoms with Gasteiger partial charge in [0, 0.05) is 5.56 Å². The molecule has 15 heavy (non-hydrogen) atoms. The van der Waals surface area contributed by atoms with Crippen molar-refractivity contribution in [3.05, 3.63) is 35.4 Å². The van der Waals surface area contributed by atoms with Gasteiger partial charge in [-0.05, 0) is 18.4 Å². The smallest absolute Gasteiger partial charge is 0.179 e. The van der Waals surface area contributed by atoms with E-state index in [4.69, 9.17) is 0 Å². The summed E-state index contributed by atoms with van der Waals surface area (Å²) in [5.41, 5.74) is 2.04. The molecule has 1 aliphatic rings. The van der Waals surface area contributed by atoms with Gasteiger partial charge in [-0.25, -0.2) is 0 Å². The number of fused-ring (bicyclic) bond motifs is 1. The molecular weight excluding hydrogens is 204 g/mol. The number of hydrogen-bond donors (Lipinski definition) is 1. The van der Waals surface area contributed by atoms with Gasteiger partial charge in [0.1, 0.15) is 0 Å². The lowest BCUT2D eigenvalue weighted by atomic mass is 9.97. The Balaban J connectivity index is 2.26. The van der Waals surface area contributed by atoms with Crippen LogP contribution in [0.4, 0.5) is 0 Å². The molecule has 0 heterocycles. The van der Waals surface area contributed by atoms with E-state index in [1.807, 2.05) is 24.3 Å². The van der Waals surface area contributed by atoms with Gasteiger partial charge in [-0.1, -0.05) is 44.0 Å². The lowest BCUT2D eigenvalue weighted by Crippen LogP contribution is -2.29. The number of ketones is 1. The van der Waals surface area contributed by atoms with Crippen molar-refractivity contribution in [2.24, 2.45) is 0 Å². The Hall–Kier alpha value is -0.760. The fraction of sp³-hybridized carbons (Fsp3) is 0.462. The van der Waals surface area contributed by atoms with Crippen LogP contribution in [0.25, 0.3) is 0 Å². The van der Waals surface area contributed by atoms with Crippen molar-refractivity contribution in [2.45, 2.75) is 37.4 Å². The van der Waals surface area contributed by atoms with Crippen LogP contribution in [0.2, 0.25) is 0 Å². The van der Waals surface area contributed by atoms with Crippen molar-refractivity contribution in [1.82, 2.24) is 0 Å². The van der Waals surface area contributed by atoms with Gasteiger partial charge in [-0.15, -0.1) is 0 Å². The predicted octanol–water partition coefficient (Wildman–Crippen LogP) is 3.28. The lowest BCUT2D eigenvalue weighted by Gasteiger charge is -2.20. The SMILES string of the molecule is CCCCC1(S)Cc2ccccc2C1=O. The number of hydrogen-bond acceptors (Lipinski definition) is 2. The van der Waals surface area contributed by atoms with Crippen LogP contribution in [0.15, 0.2) is 24.3 Å². The molecule has 1 aromatic carbocycles. The van der Waals surface area contributed by atoms with Gasteiger partial charge in [-0.3, -0.25) is 4.79 Å². The zero-order valence-electron chi connectivity index (χ0n) is 8.99. The first-order chi connectivity index (χ1) is 7.17. The molecule has 0 aromatic heterocycles. The van der Waals surface area contributed by atoms with Gasteiger partial charge >= 0.3 is 0 Å². The van der Waals surface area contributed by atoms with E-state index in [0.717, 1.165) is 36.8 Å². The van der Waals surface area contributed by atoms with E-state index in [-0.39, 0.29) is 5.78 Å². The zero-order chi connectivity index (χ0) is 10.9. The second-order valence-corrected chi connectivity index (χ2v) is 5.15. The molecule has 0 aliphatic heterocycles. The zero-order valence-corrected chi connectivity index (χ0v) is 9.89. The van der Waals surface area contributed by atoms with Crippen LogP contribution in [0.3, 0.4) is 0 Å². The molecule has 0 saturated heterocycles. The molecule has 0 N–H and O–H groups in total. The Labute approximate surface area is 96.3 Å². The number of unbranched alkanes of at least 4 members (excludes halogenated alkanes) is 1. The van der Waals surface area contributed by atoms with Crippen LogP contribution in [-0.4, -0.2) is 10.5 Å². The normalized spacial score (nSPS) is 24.3. The minimum Gasteiger partial charge on any atom is -0.293 e. The molecule has 0 amide bonds. The molecule has 0 fully saturated rings. The Morgan fingerprint density at radius 1 is 1.40 bits per heavy atom. The maximum absolute atomic E-state index is 12.1. The number of rotatable bonds is 3. The van der Waals surface area contributed by atoms with E-state index in [1.54, 1.807) is 0 Å². The third kappa shape index (κ3) is 1.83. The summed E-state index contributed by atoms with van der Waals surface area (Å²) in [6.45, 7) is 2.14. The third-order valence-electron chi connectivity index (χ3n) is 3.11. The van der Waals surface area contributed by atoms with Crippen LogP contribution in [-0.2, 0) is 6.42 Å². The Kier molecular flexibility index (Phi) is 2.87. The lowest BCUT2D eigenvalue weighted by molar-refractivity contribution is 0.0952. The molecule has 0 radical (unpaired) electrons. The Morgan fingerprint density at radius 3 is 2.80 bits per heavy atom. The van der Waals surface area contributed by atoms with Crippen molar-refractivity contribution < 1.29 is 4.79 Å². The molecule has 1 nitrogen and oxygen atoms in total. The largest absolute Gasteiger partial charge is 0.293 e. The van der Waals surface area contributed by atoms with Crippen LogP contribution < -0.4 is 0 Å². The topological polar surface area (TPSA) is 17.1 Å². The molecule has 80 valence electrons. The molecule has 1 aliphatic carbocycles. The third-order valence-corrected chi connectivity index (χ3v) is 3.70. The van der Waals surface area contributed by atoms with E-state index >= 15 is 0 Å². The molecule has 0 bridgehead atoms. The van der Waals surface area contributed by atoms with E-state index in [9.17, 15) is 4.79 Å². The average molecular weight is 220 g/mol. The van der Waals surface area contributed by atoms with Gasteiger partial charge in [0.05, 0.1) is 4.75 Å². The minimum absolute atomic E-state index is 0.217. The van der Waals surface area contributed by atoms with Gasteiger partial charge in [-0.2, -0.15) is 12.6 Å². The summed E-state index contributed by atoms with van der Waals surface area (Å²) in [4.78, 5) is 12.1. The molecule has 0 spiro atoms. The monoisotopic (exact) mass is 220 g/mol. The highest BCUT2D eigenvalue weighted by atomic mass is 32.1. The summed E-state index contributed by atoms with van der Waals surface area (Å²) in [6.07, 6.45) is 3.88. The van der Waals surface area contributed by atoms with Gasteiger partial charge in [0.15, 0.2) is 5.78 Å². The number of thiol groups is 1. The van der Waals surface area contributed by atoms with Crippen LogP contribution >= 0.6 is 12.6 Å². The predicted molar refractivity (Wildman–Crippen MR) is 65.7 cm³/mol. The van der Waals surface area contributed by atoms with Gasteiger partial charge in [0.2, 0.25) is 0 Å². The fourth-order valence-electron chi connectivity index (χ4n) is 2.21. The van der Waals surface area contributed by atoms with E-state index in [0.29, 0.717) is 0 Å². The maximum Gasteiger partial charge on any atom is 0.179 e. The first-order valence-electron chi connectivity index (χ1n) is 5.52. The van der Waals surface area contributed by atoms with Gasteiger partial charge < -0.3 is 0 Å². The first-order valence-corrected chi connectivity index (χ1v) is 5.97. The first kappa shape index (κ1) is 10.7. The van der Waals surface area contributed by atoms with Crippen molar-refractivity contribution in [2.75, 3.05) is 0 Å². The van der Waals surface area contributed by atoms with Crippen molar-refractivity contribution in [3.8, 4) is 0 Å². The molecular formula is C13H16OS. The van der Waals surface area contributed by atoms with Crippen LogP contribution in [0, 0.1) is 0 Å². The summed E-state index contributed by atoms with van der Waals surface area (Å²) in [5, 5.41) is 0. The number of benzene rings is 1. The van der Waals surface area contributed by atoms with Crippen molar-refractivity contribution in [3.63, 3.8) is 0 Å². The van der Waals surface area contributed by atoms with Crippen molar-refractivity contribution >= 4 is 18.4 Å². The summed E-state index contributed by atoms with van der Waals surface area (Å²) in [7, 11) is 0. The number of carbonyl (C=O) groups excluding carboxylic acids is 1. The highest BCUT2D eigenvalue weighted by molar-refractivity contribution is 7.82. The molecule has 0 saturated carbocycles. The highest BCUT2D eigenvalue weighted by Crippen LogP contribution is 2.38. The van der Waals surface area contributed by atoms with E-state index < -0.39 is 4.75 Å². The minimum atomic E-state index is -0.431. The summed E-state index contributed by atoms with van der Waals surface area (Å²) in [6, 6.07) is 7.88. The summed E-state index contributed by atoms with van der Waals surface area (Å²) < 4.78 is -0.431. The number of Topliss-reactive ketones (excluding diaryl/α,β-unsaturated/α-hetero) is 1. The Bertz CT molecular complexity index is 386. The fourth-order valence-corrected chi connectivity index (χ4v) is 2.66. The van der Waals surface area contributed by atoms with Crippen LogP contribution in [0.5, 0.6) is 0 Å². The molecule has 1 aromatic rings. The highest BCUT2D eigenvalue weighted by Gasteiger charge is 2.41. The molecule has 1 unspecified atom stereocenters. The Morgan fingerprint density at radius 2 is 2.13 bits per heavy atom. The molecule has 2 rings (SSSR count). The molecule has 2 heteroatoms. The van der Waals surface area contributed by atoms with Crippen molar-refractivity contribution in [1.29, 1.82) is 0 Å². The summed E-state index contributed by atoms with van der Waals surface area (Å²) in [5.74, 6) is 0.217. The average Bonchev–Trinajstić information content (AvgIpc) is 2.50. The van der Waals surface area contributed by atoms with Gasteiger partial charge in [0.25, 0.3) is 0 Å². The standard InChI is InChI=1S/C13H16OS/c1-2-3-8-13(15)9-10-6-4-5-7-11(10)12(13)14/h4-7,15H,2-3,8-9H2,1H3. The second kappa shape index (κ2) is 4.01. The van der Waals surface area contributed by atoms with Crippen LogP contribution in [0.1, 0.15) is 42.1 Å². The summed E-state index contributed by atoms with van der Waals surface area (Å²) >= 11 is 4.61. The second-order valence-electron chi connectivity index (χ2n) is 4.30. The number of carbonyl (C=O) groups is 1. The quantitative estimate of drug-likeness (QED) is 0.774.